The molecule has 21 heavy (non-hydrogen) atoms. The van der Waals surface area contributed by atoms with Gasteiger partial charge in [0.25, 0.3) is 0 Å². The fourth-order valence-corrected chi connectivity index (χ4v) is 7.82. The number of allylic oxidation sites excluding steroid dienone is 4. The normalized spacial score (nSPS) is 19.7. The highest BCUT2D eigenvalue weighted by Gasteiger charge is 2.39. The van der Waals surface area contributed by atoms with E-state index in [1.807, 2.05) is 6.92 Å². The summed E-state index contributed by atoms with van der Waals surface area (Å²) in [5.74, 6) is 1.02. The Bertz CT molecular complexity index is 662. The van der Waals surface area contributed by atoms with Crippen LogP contribution in [-0.4, -0.2) is 13.2 Å². The molecular formula is C19H28OSi. The van der Waals surface area contributed by atoms with Crippen molar-refractivity contribution < 1.29 is 5.11 Å². The molecule has 1 aromatic carbocycles. The van der Waals surface area contributed by atoms with Gasteiger partial charge in [0.05, 0.1) is 0 Å². The molecule has 1 aliphatic carbocycles. The SMILES string of the molecule is CC1=C(C)C(C)C([Si](C)(C)c2ccc(C)c(C)c2O)=C1C. The number of hydrogen-bond donors (Lipinski definition) is 1. The highest BCUT2D eigenvalue weighted by Crippen LogP contribution is 2.42. The summed E-state index contributed by atoms with van der Waals surface area (Å²) in [6.45, 7) is 17.9. The minimum atomic E-state index is -1.87. The summed E-state index contributed by atoms with van der Waals surface area (Å²) in [6.07, 6.45) is 0. The van der Waals surface area contributed by atoms with E-state index in [1.54, 1.807) is 5.20 Å². The minimum Gasteiger partial charge on any atom is -0.508 e. The van der Waals surface area contributed by atoms with E-state index >= 15 is 0 Å². The van der Waals surface area contributed by atoms with Gasteiger partial charge in [0.1, 0.15) is 13.8 Å². The average Bonchev–Trinajstić information content (AvgIpc) is 2.60. The summed E-state index contributed by atoms with van der Waals surface area (Å²) in [6, 6.07) is 4.31. The number of benzene rings is 1. The first-order valence-electron chi connectivity index (χ1n) is 7.79. The molecule has 1 aliphatic rings. The second-order valence-electron chi connectivity index (χ2n) is 7.10. The maximum Gasteiger partial charge on any atom is 0.118 e. The Morgan fingerprint density at radius 2 is 1.52 bits per heavy atom. The Morgan fingerprint density at radius 1 is 0.952 bits per heavy atom. The van der Waals surface area contributed by atoms with Gasteiger partial charge >= 0.3 is 0 Å². The zero-order valence-electron chi connectivity index (χ0n) is 14.7. The first-order valence-corrected chi connectivity index (χ1v) is 10.8. The molecule has 1 N–H and O–H groups in total. The number of rotatable bonds is 2. The van der Waals surface area contributed by atoms with Gasteiger partial charge in [0, 0.05) is 0 Å². The van der Waals surface area contributed by atoms with E-state index in [0.29, 0.717) is 11.7 Å². The summed E-state index contributed by atoms with van der Waals surface area (Å²) in [4.78, 5) is 0. The molecule has 1 atom stereocenters. The summed E-state index contributed by atoms with van der Waals surface area (Å²) in [5, 5.41) is 13.4. The van der Waals surface area contributed by atoms with Crippen molar-refractivity contribution in [1.82, 2.24) is 0 Å². The van der Waals surface area contributed by atoms with Gasteiger partial charge in [0.2, 0.25) is 0 Å². The van der Waals surface area contributed by atoms with Crippen LogP contribution in [0.5, 0.6) is 5.75 Å². The third kappa shape index (κ3) is 2.30. The van der Waals surface area contributed by atoms with Crippen molar-refractivity contribution >= 4 is 13.3 Å². The van der Waals surface area contributed by atoms with Gasteiger partial charge in [0.15, 0.2) is 0 Å². The van der Waals surface area contributed by atoms with Crippen molar-refractivity contribution in [3.63, 3.8) is 0 Å². The van der Waals surface area contributed by atoms with Gasteiger partial charge in [-0.25, -0.2) is 0 Å². The number of hydrogen-bond acceptors (Lipinski definition) is 1. The summed E-state index contributed by atoms with van der Waals surface area (Å²) < 4.78 is 0. The molecule has 0 saturated carbocycles. The van der Waals surface area contributed by atoms with Crippen molar-refractivity contribution in [1.29, 1.82) is 0 Å². The third-order valence-electron chi connectivity index (χ3n) is 5.69. The van der Waals surface area contributed by atoms with Crippen molar-refractivity contribution in [2.45, 2.75) is 54.6 Å². The number of aromatic hydroxyl groups is 1. The monoisotopic (exact) mass is 300 g/mol. The van der Waals surface area contributed by atoms with Gasteiger partial charge in [-0.2, -0.15) is 0 Å². The van der Waals surface area contributed by atoms with Crippen LogP contribution in [0.4, 0.5) is 0 Å². The molecular weight excluding hydrogens is 272 g/mol. The van der Waals surface area contributed by atoms with E-state index in [0.717, 1.165) is 11.1 Å². The summed E-state index contributed by atoms with van der Waals surface area (Å²) in [7, 11) is -1.87. The summed E-state index contributed by atoms with van der Waals surface area (Å²) in [5.41, 5.74) is 6.58. The van der Waals surface area contributed by atoms with E-state index in [2.05, 4.69) is 59.8 Å². The molecule has 0 bridgehead atoms. The molecule has 1 aromatic rings. The van der Waals surface area contributed by atoms with E-state index in [9.17, 15) is 5.11 Å². The molecule has 1 nitrogen and oxygen atoms in total. The molecule has 0 fully saturated rings. The molecule has 0 aromatic heterocycles. The molecule has 0 amide bonds. The largest absolute Gasteiger partial charge is 0.508 e. The van der Waals surface area contributed by atoms with E-state index in [4.69, 9.17) is 0 Å². The minimum absolute atomic E-state index is 0.507. The van der Waals surface area contributed by atoms with Crippen LogP contribution >= 0.6 is 0 Å². The third-order valence-corrected chi connectivity index (χ3v) is 9.59. The molecule has 0 aliphatic heterocycles. The van der Waals surface area contributed by atoms with Crippen molar-refractivity contribution in [3.05, 3.63) is 45.2 Å². The Hall–Kier alpha value is -1.28. The zero-order chi connectivity index (χ0) is 16.1. The zero-order valence-corrected chi connectivity index (χ0v) is 15.7. The Labute approximate surface area is 130 Å². The van der Waals surface area contributed by atoms with E-state index in [-0.39, 0.29) is 0 Å². The van der Waals surface area contributed by atoms with Crippen LogP contribution in [0.1, 0.15) is 38.8 Å². The maximum absolute atomic E-state index is 10.7. The van der Waals surface area contributed by atoms with Crippen LogP contribution in [0.3, 0.4) is 0 Å². The highest BCUT2D eigenvalue weighted by molar-refractivity contribution is 6.96. The van der Waals surface area contributed by atoms with Crippen LogP contribution < -0.4 is 5.19 Å². The lowest BCUT2D eigenvalue weighted by Gasteiger charge is -2.31. The fraction of sp³-hybridized carbons (Fsp3) is 0.474. The van der Waals surface area contributed by atoms with Crippen LogP contribution in [0.25, 0.3) is 0 Å². The topological polar surface area (TPSA) is 20.2 Å². The number of phenols is 1. The molecule has 0 spiro atoms. The van der Waals surface area contributed by atoms with Gasteiger partial charge in [-0.05, 0) is 62.4 Å². The predicted molar refractivity (Wildman–Crippen MR) is 94.9 cm³/mol. The molecule has 0 heterocycles. The van der Waals surface area contributed by atoms with Gasteiger partial charge in [-0.1, -0.05) is 48.5 Å². The van der Waals surface area contributed by atoms with E-state index in [1.165, 1.54) is 21.9 Å². The smallest absolute Gasteiger partial charge is 0.118 e. The van der Waals surface area contributed by atoms with Crippen molar-refractivity contribution in [3.8, 4) is 5.75 Å². The molecule has 0 saturated heterocycles. The Balaban J connectivity index is 2.62. The summed E-state index contributed by atoms with van der Waals surface area (Å²) >= 11 is 0. The lowest BCUT2D eigenvalue weighted by molar-refractivity contribution is 0.474. The van der Waals surface area contributed by atoms with Crippen LogP contribution in [0.15, 0.2) is 34.0 Å². The Morgan fingerprint density at radius 3 is 2.00 bits per heavy atom. The molecule has 1 unspecified atom stereocenters. The molecule has 2 rings (SSSR count). The number of aryl methyl sites for hydroxylation is 1. The van der Waals surface area contributed by atoms with Crippen LogP contribution in [-0.2, 0) is 0 Å². The molecule has 2 heteroatoms. The average molecular weight is 301 g/mol. The number of phenolic OH excluding ortho intramolecular Hbond substituents is 1. The lowest BCUT2D eigenvalue weighted by atomic mass is 10.1. The quantitative estimate of drug-likeness (QED) is 0.780. The van der Waals surface area contributed by atoms with E-state index < -0.39 is 8.07 Å². The van der Waals surface area contributed by atoms with Gasteiger partial charge < -0.3 is 5.11 Å². The second-order valence-corrected chi connectivity index (χ2v) is 11.4. The maximum atomic E-state index is 10.7. The van der Waals surface area contributed by atoms with Crippen LogP contribution in [0, 0.1) is 19.8 Å². The van der Waals surface area contributed by atoms with Crippen LogP contribution in [0.2, 0.25) is 13.1 Å². The highest BCUT2D eigenvalue weighted by atomic mass is 28.3. The fourth-order valence-electron chi connectivity index (χ4n) is 3.82. The first-order chi connectivity index (χ1) is 9.60. The predicted octanol–water partition coefficient (Wildman–Crippen LogP) is 4.77. The Kier molecular flexibility index (Phi) is 3.96. The van der Waals surface area contributed by atoms with Crippen molar-refractivity contribution in [2.24, 2.45) is 5.92 Å². The standard InChI is InChI=1S/C19H28OSi/c1-11-9-10-17(18(20)12(11)2)21(7,8)19-15(5)13(3)14(4)16(19)6/h9-10,15,20H,1-8H3. The molecule has 0 radical (unpaired) electrons. The first kappa shape index (κ1) is 16.1. The van der Waals surface area contributed by atoms with Crippen molar-refractivity contribution in [2.75, 3.05) is 0 Å². The second kappa shape index (κ2) is 5.17. The molecule has 114 valence electrons. The lowest BCUT2D eigenvalue weighted by Crippen LogP contribution is -2.46. The van der Waals surface area contributed by atoms with Gasteiger partial charge in [-0.15, -0.1) is 0 Å². The van der Waals surface area contributed by atoms with Gasteiger partial charge in [-0.3, -0.25) is 0 Å².